The number of rotatable bonds is 5. The van der Waals surface area contributed by atoms with E-state index in [2.05, 4.69) is 36.5 Å². The highest BCUT2D eigenvalue weighted by Gasteiger charge is 2.39. The SMILES string of the molecule is Cc1c(CNCC2(C(=O)O)CCOCC2)ccc2ccccc12. The smallest absolute Gasteiger partial charge is 0.311 e. The van der Waals surface area contributed by atoms with Crippen molar-refractivity contribution in [2.45, 2.75) is 26.3 Å². The minimum absolute atomic E-state index is 0.484. The molecule has 0 saturated carbocycles. The van der Waals surface area contributed by atoms with Gasteiger partial charge >= 0.3 is 5.97 Å². The molecule has 2 N–H and O–H groups in total. The molecule has 122 valence electrons. The summed E-state index contributed by atoms with van der Waals surface area (Å²) in [5.41, 5.74) is 1.78. The molecule has 0 spiro atoms. The van der Waals surface area contributed by atoms with Crippen LogP contribution in [0.2, 0.25) is 0 Å². The predicted octanol–water partition coefficient (Wildman–Crippen LogP) is 3.12. The van der Waals surface area contributed by atoms with Crippen LogP contribution < -0.4 is 5.32 Å². The number of hydrogen-bond acceptors (Lipinski definition) is 3. The third-order valence-electron chi connectivity index (χ3n) is 4.99. The van der Waals surface area contributed by atoms with Gasteiger partial charge in [-0.15, -0.1) is 0 Å². The third kappa shape index (κ3) is 3.23. The Labute approximate surface area is 136 Å². The first-order valence-electron chi connectivity index (χ1n) is 8.11. The number of ether oxygens (including phenoxy) is 1. The first kappa shape index (κ1) is 16.0. The van der Waals surface area contributed by atoms with Crippen molar-refractivity contribution < 1.29 is 14.6 Å². The largest absolute Gasteiger partial charge is 0.481 e. The van der Waals surface area contributed by atoms with Gasteiger partial charge in [0, 0.05) is 26.3 Å². The van der Waals surface area contributed by atoms with Gasteiger partial charge in [-0.2, -0.15) is 0 Å². The van der Waals surface area contributed by atoms with Crippen molar-refractivity contribution in [2.75, 3.05) is 19.8 Å². The van der Waals surface area contributed by atoms with Gasteiger partial charge in [-0.1, -0.05) is 36.4 Å². The summed E-state index contributed by atoms with van der Waals surface area (Å²) in [5, 5.41) is 15.4. The molecular formula is C19H23NO3. The van der Waals surface area contributed by atoms with E-state index in [1.54, 1.807) is 0 Å². The summed E-state index contributed by atoms with van der Waals surface area (Å²) < 4.78 is 5.32. The van der Waals surface area contributed by atoms with E-state index in [0.717, 1.165) is 0 Å². The van der Waals surface area contributed by atoms with Crippen LogP contribution in [0.4, 0.5) is 0 Å². The summed E-state index contributed by atoms with van der Waals surface area (Å²) >= 11 is 0. The van der Waals surface area contributed by atoms with Crippen molar-refractivity contribution in [3.63, 3.8) is 0 Å². The maximum atomic E-state index is 11.7. The molecule has 0 amide bonds. The van der Waals surface area contributed by atoms with Gasteiger partial charge in [0.15, 0.2) is 0 Å². The fourth-order valence-electron chi connectivity index (χ4n) is 3.33. The van der Waals surface area contributed by atoms with Gasteiger partial charge in [0.25, 0.3) is 0 Å². The molecule has 0 bridgehead atoms. The summed E-state index contributed by atoms with van der Waals surface area (Å²) in [6.45, 7) is 4.36. The molecule has 23 heavy (non-hydrogen) atoms. The normalized spacial score (nSPS) is 17.3. The lowest BCUT2D eigenvalue weighted by atomic mass is 9.80. The second kappa shape index (κ2) is 6.69. The first-order chi connectivity index (χ1) is 11.1. The molecule has 0 aromatic heterocycles. The zero-order valence-electron chi connectivity index (χ0n) is 13.5. The van der Waals surface area contributed by atoms with E-state index in [4.69, 9.17) is 4.74 Å². The van der Waals surface area contributed by atoms with Gasteiger partial charge in [-0.25, -0.2) is 0 Å². The number of carboxylic acids is 1. The Morgan fingerprint density at radius 1 is 1.22 bits per heavy atom. The summed E-state index contributed by atoms with van der Waals surface area (Å²) in [4.78, 5) is 11.7. The monoisotopic (exact) mass is 313 g/mol. The van der Waals surface area contributed by atoms with Crippen LogP contribution >= 0.6 is 0 Å². The Morgan fingerprint density at radius 3 is 2.70 bits per heavy atom. The molecule has 1 aliphatic rings. The van der Waals surface area contributed by atoms with Crippen LogP contribution in [0.5, 0.6) is 0 Å². The van der Waals surface area contributed by atoms with E-state index in [9.17, 15) is 9.90 Å². The van der Waals surface area contributed by atoms with Crippen molar-refractivity contribution in [3.8, 4) is 0 Å². The topological polar surface area (TPSA) is 58.6 Å². The molecule has 3 rings (SSSR count). The number of hydrogen-bond donors (Lipinski definition) is 2. The highest BCUT2D eigenvalue weighted by atomic mass is 16.5. The molecule has 1 fully saturated rings. The number of carboxylic acid groups (broad SMARTS) is 1. The summed E-state index contributed by atoms with van der Waals surface area (Å²) in [7, 11) is 0. The van der Waals surface area contributed by atoms with E-state index in [1.165, 1.54) is 21.9 Å². The standard InChI is InChI=1S/C19H23NO3/c1-14-16(7-6-15-4-2-3-5-17(14)15)12-20-13-19(18(21)22)8-10-23-11-9-19/h2-7,20H,8-13H2,1H3,(H,21,22). The third-order valence-corrected chi connectivity index (χ3v) is 4.99. The minimum Gasteiger partial charge on any atom is -0.481 e. The number of carbonyl (C=O) groups is 1. The lowest BCUT2D eigenvalue weighted by molar-refractivity contribution is -0.154. The fraction of sp³-hybridized carbons (Fsp3) is 0.421. The molecule has 1 saturated heterocycles. The maximum absolute atomic E-state index is 11.7. The number of fused-ring (bicyclic) bond motifs is 1. The van der Waals surface area contributed by atoms with Crippen LogP contribution in [-0.2, 0) is 16.1 Å². The molecule has 0 aliphatic carbocycles. The van der Waals surface area contributed by atoms with Gasteiger partial charge in [0.2, 0.25) is 0 Å². The van der Waals surface area contributed by atoms with E-state index in [-0.39, 0.29) is 0 Å². The zero-order chi connectivity index (χ0) is 16.3. The summed E-state index contributed by atoms with van der Waals surface area (Å²) in [6.07, 6.45) is 1.15. The number of aliphatic carboxylic acids is 1. The fourth-order valence-corrected chi connectivity index (χ4v) is 3.33. The molecule has 4 nitrogen and oxygen atoms in total. The van der Waals surface area contributed by atoms with Gasteiger partial charge in [-0.05, 0) is 41.7 Å². The van der Waals surface area contributed by atoms with Crippen LogP contribution in [-0.4, -0.2) is 30.8 Å². The van der Waals surface area contributed by atoms with E-state index in [0.29, 0.717) is 39.1 Å². The van der Waals surface area contributed by atoms with Crippen molar-refractivity contribution >= 4 is 16.7 Å². The summed E-state index contributed by atoms with van der Waals surface area (Å²) in [5.74, 6) is -0.719. The first-order valence-corrected chi connectivity index (χ1v) is 8.11. The van der Waals surface area contributed by atoms with Gasteiger partial charge in [0.1, 0.15) is 0 Å². The van der Waals surface area contributed by atoms with Crippen LogP contribution in [0.1, 0.15) is 24.0 Å². The van der Waals surface area contributed by atoms with Crippen LogP contribution in [0.15, 0.2) is 36.4 Å². The van der Waals surface area contributed by atoms with Crippen molar-refractivity contribution in [1.82, 2.24) is 5.32 Å². The van der Waals surface area contributed by atoms with E-state index in [1.807, 2.05) is 12.1 Å². The lowest BCUT2D eigenvalue weighted by Crippen LogP contribution is -2.45. The van der Waals surface area contributed by atoms with Crippen LogP contribution in [0.25, 0.3) is 10.8 Å². The highest BCUT2D eigenvalue weighted by Crippen LogP contribution is 2.30. The molecule has 0 atom stereocenters. The second-order valence-corrected chi connectivity index (χ2v) is 6.37. The Bertz CT molecular complexity index is 705. The zero-order valence-corrected chi connectivity index (χ0v) is 13.5. The Balaban J connectivity index is 1.71. The van der Waals surface area contributed by atoms with Gasteiger partial charge < -0.3 is 15.2 Å². The van der Waals surface area contributed by atoms with Crippen molar-refractivity contribution in [2.24, 2.45) is 5.41 Å². The lowest BCUT2D eigenvalue weighted by Gasteiger charge is -2.33. The Kier molecular flexibility index (Phi) is 4.64. The quantitative estimate of drug-likeness (QED) is 0.890. The molecular weight excluding hydrogens is 290 g/mol. The molecule has 2 aromatic rings. The van der Waals surface area contributed by atoms with Crippen LogP contribution in [0.3, 0.4) is 0 Å². The number of aryl methyl sites for hydroxylation is 1. The molecule has 1 heterocycles. The number of benzene rings is 2. The van der Waals surface area contributed by atoms with Gasteiger partial charge in [0.05, 0.1) is 5.41 Å². The minimum atomic E-state index is -0.719. The van der Waals surface area contributed by atoms with E-state index < -0.39 is 11.4 Å². The Morgan fingerprint density at radius 2 is 1.96 bits per heavy atom. The Hall–Kier alpha value is -1.91. The van der Waals surface area contributed by atoms with Gasteiger partial charge in [-0.3, -0.25) is 4.79 Å². The highest BCUT2D eigenvalue weighted by molar-refractivity contribution is 5.86. The molecule has 4 heteroatoms. The molecule has 1 aliphatic heterocycles. The average Bonchev–Trinajstić information content (AvgIpc) is 2.58. The van der Waals surface area contributed by atoms with E-state index >= 15 is 0 Å². The predicted molar refractivity (Wildman–Crippen MR) is 90.5 cm³/mol. The van der Waals surface area contributed by atoms with Crippen LogP contribution in [0, 0.1) is 12.3 Å². The molecule has 0 radical (unpaired) electrons. The maximum Gasteiger partial charge on any atom is 0.311 e. The average molecular weight is 313 g/mol. The van der Waals surface area contributed by atoms with Crippen molar-refractivity contribution in [3.05, 3.63) is 47.5 Å². The molecule has 2 aromatic carbocycles. The molecule has 0 unspecified atom stereocenters. The number of nitrogens with one attached hydrogen (secondary N) is 1. The summed E-state index contributed by atoms with van der Waals surface area (Å²) in [6, 6.07) is 12.6. The van der Waals surface area contributed by atoms with Crippen molar-refractivity contribution in [1.29, 1.82) is 0 Å². The second-order valence-electron chi connectivity index (χ2n) is 6.37.